The van der Waals surface area contributed by atoms with Gasteiger partial charge in [0.1, 0.15) is 5.52 Å². The summed E-state index contributed by atoms with van der Waals surface area (Å²) in [6.07, 6.45) is -0.773. The van der Waals surface area contributed by atoms with E-state index in [-0.39, 0.29) is 0 Å². The number of nitrogens with two attached hydrogens (primary N) is 1. The van der Waals surface area contributed by atoms with Gasteiger partial charge in [-0.25, -0.2) is 9.50 Å². The van der Waals surface area contributed by atoms with Crippen LogP contribution < -0.4 is 10.6 Å². The van der Waals surface area contributed by atoms with Crippen molar-refractivity contribution in [2.45, 2.75) is 19.5 Å². The van der Waals surface area contributed by atoms with Gasteiger partial charge in [-0.3, -0.25) is 0 Å². The van der Waals surface area contributed by atoms with E-state index in [0.717, 1.165) is 12.5 Å². The molecule has 0 unspecified atom stereocenters. The van der Waals surface area contributed by atoms with Crippen LogP contribution in [0, 0.1) is 0 Å². The molecule has 0 fully saturated rings. The minimum Gasteiger partial charge on any atom is -0.354 e. The predicted molar refractivity (Wildman–Crippen MR) is 69.5 cm³/mol. The summed E-state index contributed by atoms with van der Waals surface area (Å²) in [5, 5.41) is 3.54. The van der Waals surface area contributed by atoms with E-state index >= 15 is 0 Å². The first kappa shape index (κ1) is 14.6. The number of aromatic nitrogens is 3. The van der Waals surface area contributed by atoms with Gasteiger partial charge in [-0.2, -0.15) is 18.3 Å². The summed E-state index contributed by atoms with van der Waals surface area (Å²) in [7, 11) is 0. The third-order valence-electron chi connectivity index (χ3n) is 2.85. The molecular formula is C12H16F3N5. The fraction of sp³-hybridized carbons (Fsp3) is 0.500. The lowest BCUT2D eigenvalue weighted by molar-refractivity contribution is -0.141. The van der Waals surface area contributed by atoms with Crippen LogP contribution in [-0.2, 0) is 6.18 Å². The molecule has 2 aromatic rings. The molecule has 0 saturated heterocycles. The SMILES string of the molecule is CCCN(CCN)c1nccn2nc(C(F)(F)F)cc12. The van der Waals surface area contributed by atoms with Crippen molar-refractivity contribution in [3.05, 3.63) is 24.2 Å². The Bertz CT molecular complexity index is 572. The minimum absolute atomic E-state index is 0.335. The third-order valence-corrected chi connectivity index (χ3v) is 2.85. The zero-order valence-corrected chi connectivity index (χ0v) is 11.1. The number of hydrogen-bond acceptors (Lipinski definition) is 4. The highest BCUT2D eigenvalue weighted by molar-refractivity contribution is 5.69. The molecule has 0 saturated carbocycles. The van der Waals surface area contributed by atoms with Crippen LogP contribution >= 0.6 is 0 Å². The standard InChI is InChI=1S/C12H16F3N5/c1-2-5-19(6-3-16)11-9-8-10(12(13,14)15)18-20(9)7-4-17-11/h4,7-8H,2-3,5-6,16H2,1H3. The second-order valence-corrected chi connectivity index (χ2v) is 4.38. The molecule has 2 rings (SSSR count). The van der Waals surface area contributed by atoms with Gasteiger partial charge in [-0.05, 0) is 6.42 Å². The zero-order valence-electron chi connectivity index (χ0n) is 11.1. The molecule has 5 nitrogen and oxygen atoms in total. The highest BCUT2D eigenvalue weighted by Gasteiger charge is 2.34. The summed E-state index contributed by atoms with van der Waals surface area (Å²) in [5.74, 6) is 0.475. The predicted octanol–water partition coefficient (Wildman–Crippen LogP) is 1.92. The first-order valence-corrected chi connectivity index (χ1v) is 6.34. The average Bonchev–Trinajstić information content (AvgIpc) is 2.82. The van der Waals surface area contributed by atoms with Gasteiger partial charge in [-0.1, -0.05) is 6.92 Å². The van der Waals surface area contributed by atoms with E-state index < -0.39 is 11.9 Å². The van der Waals surface area contributed by atoms with Crippen molar-refractivity contribution in [3.63, 3.8) is 0 Å². The Morgan fingerprint density at radius 1 is 1.35 bits per heavy atom. The molecule has 2 aromatic heterocycles. The second kappa shape index (κ2) is 5.66. The van der Waals surface area contributed by atoms with E-state index in [1.807, 2.05) is 11.8 Å². The molecule has 0 aliphatic rings. The zero-order chi connectivity index (χ0) is 14.8. The largest absolute Gasteiger partial charge is 0.435 e. The van der Waals surface area contributed by atoms with Crippen molar-refractivity contribution < 1.29 is 13.2 Å². The maximum atomic E-state index is 12.7. The van der Waals surface area contributed by atoms with Gasteiger partial charge in [0.2, 0.25) is 0 Å². The van der Waals surface area contributed by atoms with Crippen molar-refractivity contribution in [1.29, 1.82) is 0 Å². The molecule has 0 aliphatic heterocycles. The molecule has 20 heavy (non-hydrogen) atoms. The number of halogens is 3. The maximum Gasteiger partial charge on any atom is 0.435 e. The Morgan fingerprint density at radius 2 is 2.10 bits per heavy atom. The van der Waals surface area contributed by atoms with E-state index in [9.17, 15) is 13.2 Å². The van der Waals surface area contributed by atoms with Crippen molar-refractivity contribution in [1.82, 2.24) is 14.6 Å². The van der Waals surface area contributed by atoms with Gasteiger partial charge in [0.25, 0.3) is 0 Å². The minimum atomic E-state index is -4.47. The van der Waals surface area contributed by atoms with E-state index in [4.69, 9.17) is 5.73 Å². The molecule has 0 aromatic carbocycles. The summed E-state index contributed by atoms with van der Waals surface area (Å²) in [5.41, 5.74) is 4.96. The molecule has 2 N–H and O–H groups in total. The molecule has 0 aliphatic carbocycles. The highest BCUT2D eigenvalue weighted by atomic mass is 19.4. The van der Waals surface area contributed by atoms with Crippen molar-refractivity contribution in [3.8, 4) is 0 Å². The topological polar surface area (TPSA) is 59.5 Å². The van der Waals surface area contributed by atoms with Crippen LogP contribution in [-0.4, -0.2) is 34.2 Å². The van der Waals surface area contributed by atoms with E-state index in [1.165, 1.54) is 16.9 Å². The van der Waals surface area contributed by atoms with Crippen molar-refractivity contribution in [2.24, 2.45) is 5.73 Å². The Labute approximate surface area is 114 Å². The Balaban J connectivity index is 2.50. The number of hydrogen-bond donors (Lipinski definition) is 1. The van der Waals surface area contributed by atoms with Gasteiger partial charge >= 0.3 is 6.18 Å². The van der Waals surface area contributed by atoms with Gasteiger partial charge in [0, 0.05) is 38.1 Å². The number of fused-ring (bicyclic) bond motifs is 1. The summed E-state index contributed by atoms with van der Waals surface area (Å²) < 4.78 is 39.4. The molecule has 0 radical (unpaired) electrons. The Morgan fingerprint density at radius 3 is 2.70 bits per heavy atom. The van der Waals surface area contributed by atoms with Crippen LogP contribution in [0.25, 0.3) is 5.52 Å². The molecule has 110 valence electrons. The normalized spacial score (nSPS) is 12.1. The number of rotatable bonds is 5. The number of alkyl halides is 3. The first-order valence-electron chi connectivity index (χ1n) is 6.34. The molecule has 0 bridgehead atoms. The monoisotopic (exact) mass is 287 g/mol. The number of nitrogens with zero attached hydrogens (tertiary/aromatic N) is 4. The van der Waals surface area contributed by atoms with Crippen LogP contribution in [0.3, 0.4) is 0 Å². The summed E-state index contributed by atoms with van der Waals surface area (Å²) in [6.45, 7) is 3.60. The van der Waals surface area contributed by atoms with E-state index in [2.05, 4.69) is 10.1 Å². The van der Waals surface area contributed by atoms with Gasteiger partial charge in [-0.15, -0.1) is 0 Å². The van der Waals surface area contributed by atoms with Crippen LogP contribution in [0.1, 0.15) is 19.0 Å². The summed E-state index contributed by atoms with van der Waals surface area (Å²) in [4.78, 5) is 6.05. The number of anilines is 1. The first-order chi connectivity index (χ1) is 9.47. The van der Waals surface area contributed by atoms with Crippen LogP contribution in [0.5, 0.6) is 0 Å². The lowest BCUT2D eigenvalue weighted by Crippen LogP contribution is -2.31. The Kier molecular flexibility index (Phi) is 4.12. The maximum absolute atomic E-state index is 12.7. The van der Waals surface area contributed by atoms with E-state index in [0.29, 0.717) is 31.0 Å². The van der Waals surface area contributed by atoms with Crippen LogP contribution in [0.15, 0.2) is 18.5 Å². The fourth-order valence-corrected chi connectivity index (χ4v) is 2.04. The smallest absolute Gasteiger partial charge is 0.354 e. The van der Waals surface area contributed by atoms with Crippen molar-refractivity contribution in [2.75, 3.05) is 24.5 Å². The lowest BCUT2D eigenvalue weighted by atomic mass is 10.3. The van der Waals surface area contributed by atoms with Gasteiger partial charge in [0.05, 0.1) is 0 Å². The molecule has 2 heterocycles. The third kappa shape index (κ3) is 2.84. The van der Waals surface area contributed by atoms with Crippen LogP contribution in [0.4, 0.5) is 19.0 Å². The lowest BCUT2D eigenvalue weighted by Gasteiger charge is -2.22. The average molecular weight is 287 g/mol. The molecular weight excluding hydrogens is 271 g/mol. The molecule has 0 atom stereocenters. The fourth-order valence-electron chi connectivity index (χ4n) is 2.04. The van der Waals surface area contributed by atoms with E-state index in [1.54, 1.807) is 0 Å². The molecule has 0 amide bonds. The quantitative estimate of drug-likeness (QED) is 0.912. The summed E-state index contributed by atoms with van der Waals surface area (Å²) in [6, 6.07) is 1.02. The second-order valence-electron chi connectivity index (χ2n) is 4.38. The summed E-state index contributed by atoms with van der Waals surface area (Å²) >= 11 is 0. The van der Waals surface area contributed by atoms with Crippen LogP contribution in [0.2, 0.25) is 0 Å². The van der Waals surface area contributed by atoms with Crippen molar-refractivity contribution >= 4 is 11.3 Å². The molecule has 0 spiro atoms. The molecule has 8 heteroatoms. The highest BCUT2D eigenvalue weighted by Crippen LogP contribution is 2.30. The van der Waals surface area contributed by atoms with Gasteiger partial charge < -0.3 is 10.6 Å². The Hall–Kier alpha value is -1.83. The van der Waals surface area contributed by atoms with Gasteiger partial charge in [0.15, 0.2) is 11.5 Å².